The monoisotopic (exact) mass is 583 g/mol. The van der Waals surface area contributed by atoms with E-state index in [-0.39, 0.29) is 28.7 Å². The van der Waals surface area contributed by atoms with E-state index in [1.807, 2.05) is 6.92 Å². The number of sulfonamides is 1. The summed E-state index contributed by atoms with van der Waals surface area (Å²) in [7, 11) is -4.27. The van der Waals surface area contributed by atoms with Gasteiger partial charge in [-0.05, 0) is 69.2 Å². The van der Waals surface area contributed by atoms with Crippen molar-refractivity contribution in [2.45, 2.75) is 69.5 Å². The van der Waals surface area contributed by atoms with Gasteiger partial charge in [-0.3, -0.25) is 13.9 Å². The zero-order valence-corrected chi connectivity index (χ0v) is 24.0. The first-order chi connectivity index (χ1) is 19.6. The van der Waals surface area contributed by atoms with Crippen molar-refractivity contribution >= 4 is 27.5 Å². The fourth-order valence-electron chi connectivity index (χ4n) is 4.94. The summed E-state index contributed by atoms with van der Waals surface area (Å²) < 4.78 is 56.9. The maximum atomic E-state index is 14.7. The first-order valence-corrected chi connectivity index (χ1v) is 15.2. The zero-order chi connectivity index (χ0) is 29.6. The Balaban J connectivity index is 1.68. The normalized spacial score (nSPS) is 14.7. The van der Waals surface area contributed by atoms with Crippen molar-refractivity contribution < 1.29 is 26.8 Å². The number of amides is 2. The number of anilines is 1. The van der Waals surface area contributed by atoms with Crippen LogP contribution in [0.15, 0.2) is 77.7 Å². The van der Waals surface area contributed by atoms with Gasteiger partial charge in [-0.25, -0.2) is 17.2 Å². The number of carbonyl (C=O) groups is 2. The van der Waals surface area contributed by atoms with Crippen molar-refractivity contribution in [1.29, 1.82) is 0 Å². The molecule has 0 spiro atoms. The van der Waals surface area contributed by atoms with Gasteiger partial charge >= 0.3 is 0 Å². The lowest BCUT2D eigenvalue weighted by atomic mass is 9.95. The molecule has 1 N–H and O–H groups in total. The van der Waals surface area contributed by atoms with Crippen molar-refractivity contribution in [3.05, 3.63) is 95.6 Å². The Labute approximate surface area is 240 Å². The van der Waals surface area contributed by atoms with Crippen LogP contribution in [-0.4, -0.2) is 43.8 Å². The number of hydrogen-bond donors (Lipinski definition) is 1. The van der Waals surface area contributed by atoms with Crippen molar-refractivity contribution in [3.8, 4) is 0 Å². The van der Waals surface area contributed by atoms with Gasteiger partial charge in [0.05, 0.1) is 10.6 Å². The summed E-state index contributed by atoms with van der Waals surface area (Å²) in [6, 6.07) is 15.8. The highest BCUT2D eigenvalue weighted by atomic mass is 32.2. The molecule has 1 aliphatic rings. The lowest BCUT2D eigenvalue weighted by molar-refractivity contribution is -0.139. The minimum absolute atomic E-state index is 0.0123. The van der Waals surface area contributed by atoms with Gasteiger partial charge in [-0.2, -0.15) is 0 Å². The molecule has 41 heavy (non-hydrogen) atoms. The van der Waals surface area contributed by atoms with E-state index in [0.717, 1.165) is 54.1 Å². The molecule has 0 saturated heterocycles. The summed E-state index contributed by atoms with van der Waals surface area (Å²) in [6.45, 7) is 2.44. The first kappa shape index (κ1) is 30.2. The SMILES string of the molecule is Cc1ccc(S(=O)(=O)N(CC(=O)N(Cc2ccccc2F)[C@@H](C)C(=O)NC2CCCCC2)c2ccc(F)cc2)cc1. The number of nitrogens with one attached hydrogen (secondary N) is 1. The molecule has 2 amide bonds. The van der Waals surface area contributed by atoms with Crippen molar-refractivity contribution in [3.63, 3.8) is 0 Å². The predicted molar refractivity (Wildman–Crippen MR) is 154 cm³/mol. The van der Waals surface area contributed by atoms with E-state index < -0.39 is 46.1 Å². The molecular formula is C31H35F2N3O4S. The van der Waals surface area contributed by atoms with Gasteiger partial charge in [0.1, 0.15) is 24.2 Å². The fourth-order valence-corrected chi connectivity index (χ4v) is 6.35. The third-order valence-electron chi connectivity index (χ3n) is 7.42. The van der Waals surface area contributed by atoms with Gasteiger partial charge in [0.15, 0.2) is 0 Å². The standard InChI is InChI=1S/C31H35F2N3O4S/c1-22-12-18-28(19-13-22)41(39,40)36(27-16-14-25(32)15-17-27)21-30(37)35(20-24-8-6-7-11-29(24)33)23(2)31(38)34-26-9-4-3-5-10-26/h6-8,11-19,23,26H,3-5,9-10,20-21H2,1-2H3,(H,34,38)/t23-/m0/s1. The Morgan fingerprint density at radius 2 is 1.56 bits per heavy atom. The summed E-state index contributed by atoms with van der Waals surface area (Å²) in [6.07, 6.45) is 4.79. The molecule has 3 aromatic carbocycles. The number of halogens is 2. The molecule has 1 atom stereocenters. The molecule has 218 valence electrons. The third-order valence-corrected chi connectivity index (χ3v) is 9.21. The topological polar surface area (TPSA) is 86.8 Å². The quantitative estimate of drug-likeness (QED) is 0.349. The Hall–Kier alpha value is -3.79. The number of rotatable bonds is 10. The largest absolute Gasteiger partial charge is 0.352 e. The second-order valence-corrected chi connectivity index (χ2v) is 12.3. The van der Waals surface area contributed by atoms with Crippen LogP contribution in [0.1, 0.15) is 50.2 Å². The molecule has 0 heterocycles. The maximum Gasteiger partial charge on any atom is 0.264 e. The summed E-state index contributed by atoms with van der Waals surface area (Å²) in [4.78, 5) is 28.4. The minimum Gasteiger partial charge on any atom is -0.352 e. The molecule has 4 rings (SSSR count). The minimum atomic E-state index is -4.27. The van der Waals surface area contributed by atoms with Gasteiger partial charge in [-0.15, -0.1) is 0 Å². The first-order valence-electron chi connectivity index (χ1n) is 13.7. The molecule has 3 aromatic rings. The van der Waals surface area contributed by atoms with Gasteiger partial charge in [-0.1, -0.05) is 55.2 Å². The highest BCUT2D eigenvalue weighted by Crippen LogP contribution is 2.26. The summed E-state index contributed by atoms with van der Waals surface area (Å²) in [5.41, 5.74) is 1.11. The van der Waals surface area contributed by atoms with Gasteiger partial charge in [0.2, 0.25) is 11.8 Å². The molecule has 0 radical (unpaired) electrons. The predicted octanol–water partition coefficient (Wildman–Crippen LogP) is 5.33. The molecule has 0 aromatic heterocycles. The molecule has 1 fully saturated rings. The third kappa shape index (κ3) is 7.49. The number of nitrogens with zero attached hydrogens (tertiary/aromatic N) is 2. The van der Waals surface area contributed by atoms with E-state index in [1.54, 1.807) is 25.1 Å². The Morgan fingerprint density at radius 3 is 2.20 bits per heavy atom. The van der Waals surface area contributed by atoms with E-state index in [2.05, 4.69) is 5.32 Å². The molecule has 10 heteroatoms. The highest BCUT2D eigenvalue weighted by Gasteiger charge is 2.33. The van der Waals surface area contributed by atoms with E-state index in [0.29, 0.717) is 0 Å². The molecular weight excluding hydrogens is 548 g/mol. The second-order valence-electron chi connectivity index (χ2n) is 10.4. The van der Waals surface area contributed by atoms with Crippen LogP contribution in [0.3, 0.4) is 0 Å². The van der Waals surface area contributed by atoms with Crippen LogP contribution in [0.25, 0.3) is 0 Å². The molecule has 7 nitrogen and oxygen atoms in total. The van der Waals surface area contributed by atoms with E-state index >= 15 is 0 Å². The van der Waals surface area contributed by atoms with Crippen LogP contribution < -0.4 is 9.62 Å². The van der Waals surface area contributed by atoms with Crippen LogP contribution in [0.5, 0.6) is 0 Å². The summed E-state index contributed by atoms with van der Waals surface area (Å²) >= 11 is 0. The van der Waals surface area contributed by atoms with E-state index in [1.165, 1.54) is 47.4 Å². The Morgan fingerprint density at radius 1 is 0.927 bits per heavy atom. The lowest BCUT2D eigenvalue weighted by Gasteiger charge is -2.33. The average molecular weight is 584 g/mol. The number of aryl methyl sites for hydroxylation is 1. The van der Waals surface area contributed by atoms with Crippen LogP contribution in [0, 0.1) is 18.6 Å². The van der Waals surface area contributed by atoms with Crippen molar-refractivity contribution in [1.82, 2.24) is 10.2 Å². The molecule has 0 aliphatic heterocycles. The fraction of sp³-hybridized carbons (Fsp3) is 0.355. The second kappa shape index (κ2) is 13.2. The van der Waals surface area contributed by atoms with E-state index in [9.17, 15) is 26.8 Å². The van der Waals surface area contributed by atoms with Gasteiger partial charge in [0.25, 0.3) is 10.0 Å². The van der Waals surface area contributed by atoms with Crippen molar-refractivity contribution in [2.75, 3.05) is 10.8 Å². The zero-order valence-electron chi connectivity index (χ0n) is 23.2. The molecule has 1 saturated carbocycles. The molecule has 0 unspecified atom stereocenters. The Bertz CT molecular complexity index is 1460. The summed E-state index contributed by atoms with van der Waals surface area (Å²) in [5.74, 6) is -2.22. The summed E-state index contributed by atoms with van der Waals surface area (Å²) in [5, 5.41) is 3.01. The van der Waals surface area contributed by atoms with E-state index in [4.69, 9.17) is 0 Å². The highest BCUT2D eigenvalue weighted by molar-refractivity contribution is 7.92. The molecule has 0 bridgehead atoms. The smallest absolute Gasteiger partial charge is 0.264 e. The Kier molecular flexibility index (Phi) is 9.75. The average Bonchev–Trinajstić information content (AvgIpc) is 2.96. The van der Waals surface area contributed by atoms with Crippen LogP contribution in [0.4, 0.5) is 14.5 Å². The number of hydrogen-bond acceptors (Lipinski definition) is 4. The lowest BCUT2D eigenvalue weighted by Crippen LogP contribution is -2.53. The maximum absolute atomic E-state index is 14.7. The number of carbonyl (C=O) groups excluding carboxylic acids is 2. The van der Waals surface area contributed by atoms with Crippen molar-refractivity contribution in [2.24, 2.45) is 0 Å². The number of benzene rings is 3. The van der Waals surface area contributed by atoms with Crippen LogP contribution in [0.2, 0.25) is 0 Å². The van der Waals surface area contributed by atoms with Gasteiger partial charge in [0, 0.05) is 18.2 Å². The van der Waals surface area contributed by atoms with Gasteiger partial charge < -0.3 is 10.2 Å². The molecule has 1 aliphatic carbocycles. The van der Waals surface area contributed by atoms with Crippen LogP contribution in [-0.2, 0) is 26.2 Å². The van der Waals surface area contributed by atoms with Crippen LogP contribution >= 0.6 is 0 Å².